The SMILES string of the molecule is O=C(C=Cc1ccccc1)NCCCSc1ccncc1. The summed E-state index contributed by atoms with van der Waals surface area (Å²) < 4.78 is 0. The largest absolute Gasteiger partial charge is 0.353 e. The summed E-state index contributed by atoms with van der Waals surface area (Å²) in [5.74, 6) is 0.930. The first kappa shape index (κ1) is 15.3. The Morgan fingerprint density at radius 1 is 1.14 bits per heavy atom. The van der Waals surface area contributed by atoms with Crippen molar-refractivity contribution in [3.05, 3.63) is 66.5 Å². The Hall–Kier alpha value is -2.07. The van der Waals surface area contributed by atoms with E-state index < -0.39 is 0 Å². The Morgan fingerprint density at radius 3 is 2.67 bits per heavy atom. The van der Waals surface area contributed by atoms with Gasteiger partial charge in [-0.15, -0.1) is 11.8 Å². The number of carbonyl (C=O) groups is 1. The van der Waals surface area contributed by atoms with Gasteiger partial charge < -0.3 is 5.32 Å². The number of rotatable bonds is 7. The Balaban J connectivity index is 1.60. The fourth-order valence-corrected chi connectivity index (χ4v) is 2.54. The first-order valence-corrected chi connectivity index (χ1v) is 7.87. The molecule has 4 heteroatoms. The number of nitrogens with zero attached hydrogens (tertiary/aromatic N) is 1. The van der Waals surface area contributed by atoms with Crippen molar-refractivity contribution in [3.8, 4) is 0 Å². The number of thioether (sulfide) groups is 1. The van der Waals surface area contributed by atoms with Crippen molar-refractivity contribution in [1.82, 2.24) is 10.3 Å². The van der Waals surface area contributed by atoms with Gasteiger partial charge >= 0.3 is 0 Å². The average Bonchev–Trinajstić information content (AvgIpc) is 2.54. The normalized spacial score (nSPS) is 10.7. The van der Waals surface area contributed by atoms with E-state index in [1.54, 1.807) is 30.2 Å². The topological polar surface area (TPSA) is 42.0 Å². The molecule has 0 bridgehead atoms. The predicted molar refractivity (Wildman–Crippen MR) is 88.1 cm³/mol. The van der Waals surface area contributed by atoms with Crippen LogP contribution in [0.2, 0.25) is 0 Å². The lowest BCUT2D eigenvalue weighted by molar-refractivity contribution is -0.116. The quantitative estimate of drug-likeness (QED) is 0.484. The van der Waals surface area contributed by atoms with Gasteiger partial charge in [0.1, 0.15) is 0 Å². The molecule has 0 saturated carbocycles. The minimum atomic E-state index is -0.0484. The maximum atomic E-state index is 11.6. The van der Waals surface area contributed by atoms with Gasteiger partial charge in [-0.1, -0.05) is 30.3 Å². The molecule has 0 atom stereocenters. The Kier molecular flexibility index (Phi) is 6.55. The Bertz CT molecular complexity index is 570. The summed E-state index contributed by atoms with van der Waals surface area (Å²) in [5.41, 5.74) is 1.03. The number of nitrogens with one attached hydrogen (secondary N) is 1. The number of pyridine rings is 1. The molecule has 0 aliphatic carbocycles. The lowest BCUT2D eigenvalue weighted by Crippen LogP contribution is -2.22. The van der Waals surface area contributed by atoms with Gasteiger partial charge in [-0.2, -0.15) is 0 Å². The smallest absolute Gasteiger partial charge is 0.243 e. The number of hydrogen-bond acceptors (Lipinski definition) is 3. The van der Waals surface area contributed by atoms with Gasteiger partial charge in [0.2, 0.25) is 5.91 Å². The van der Waals surface area contributed by atoms with Gasteiger partial charge in [-0.3, -0.25) is 9.78 Å². The first-order chi connectivity index (χ1) is 10.3. The molecule has 0 unspecified atom stereocenters. The highest BCUT2D eigenvalue weighted by molar-refractivity contribution is 7.99. The molecule has 2 aromatic rings. The summed E-state index contributed by atoms with van der Waals surface area (Å²) in [7, 11) is 0. The molecule has 3 nitrogen and oxygen atoms in total. The Labute approximate surface area is 129 Å². The number of carbonyl (C=O) groups excluding carboxylic acids is 1. The molecule has 0 radical (unpaired) electrons. The minimum Gasteiger partial charge on any atom is -0.353 e. The van der Waals surface area contributed by atoms with E-state index in [4.69, 9.17) is 0 Å². The van der Waals surface area contributed by atoms with E-state index in [-0.39, 0.29) is 5.91 Å². The molecule has 0 aliphatic heterocycles. The van der Waals surface area contributed by atoms with Gasteiger partial charge in [-0.05, 0) is 35.9 Å². The van der Waals surface area contributed by atoms with Crippen LogP contribution < -0.4 is 5.32 Å². The molecule has 0 aliphatic rings. The van der Waals surface area contributed by atoms with Crippen LogP contribution in [0.5, 0.6) is 0 Å². The molecule has 0 saturated heterocycles. The van der Waals surface area contributed by atoms with E-state index in [0.29, 0.717) is 6.54 Å². The third kappa shape index (κ3) is 6.27. The highest BCUT2D eigenvalue weighted by atomic mass is 32.2. The molecule has 1 amide bonds. The van der Waals surface area contributed by atoms with E-state index >= 15 is 0 Å². The summed E-state index contributed by atoms with van der Waals surface area (Å²) in [6, 6.07) is 13.8. The van der Waals surface area contributed by atoms with Crippen LogP contribution >= 0.6 is 11.8 Å². The third-order valence-corrected chi connectivity index (χ3v) is 3.86. The van der Waals surface area contributed by atoms with Crippen LogP contribution in [0.15, 0.2) is 65.8 Å². The maximum absolute atomic E-state index is 11.6. The highest BCUT2D eigenvalue weighted by Crippen LogP contribution is 2.16. The zero-order valence-electron chi connectivity index (χ0n) is 11.7. The van der Waals surface area contributed by atoms with Gasteiger partial charge in [0.25, 0.3) is 0 Å². The molecule has 0 fully saturated rings. The molecule has 21 heavy (non-hydrogen) atoms. The second kappa shape index (κ2) is 8.97. The van der Waals surface area contributed by atoms with Gasteiger partial charge in [-0.25, -0.2) is 0 Å². The predicted octanol–water partition coefficient (Wildman–Crippen LogP) is 3.39. The van der Waals surface area contributed by atoms with Crippen molar-refractivity contribution in [2.45, 2.75) is 11.3 Å². The van der Waals surface area contributed by atoms with Crippen molar-refractivity contribution < 1.29 is 4.79 Å². The van der Waals surface area contributed by atoms with E-state index in [9.17, 15) is 4.79 Å². The lowest BCUT2D eigenvalue weighted by Gasteiger charge is -2.02. The number of benzene rings is 1. The zero-order chi connectivity index (χ0) is 14.8. The average molecular weight is 298 g/mol. The van der Waals surface area contributed by atoms with Crippen molar-refractivity contribution in [3.63, 3.8) is 0 Å². The van der Waals surface area contributed by atoms with Crippen LogP contribution in [-0.4, -0.2) is 23.2 Å². The van der Waals surface area contributed by atoms with Crippen LogP contribution in [0.3, 0.4) is 0 Å². The fourth-order valence-electron chi connectivity index (χ4n) is 1.70. The monoisotopic (exact) mass is 298 g/mol. The second-order valence-electron chi connectivity index (χ2n) is 4.42. The third-order valence-electron chi connectivity index (χ3n) is 2.77. The summed E-state index contributed by atoms with van der Waals surface area (Å²) in [6.45, 7) is 0.691. The van der Waals surface area contributed by atoms with E-state index in [2.05, 4.69) is 10.3 Å². The minimum absolute atomic E-state index is 0.0484. The zero-order valence-corrected chi connectivity index (χ0v) is 12.6. The molecule has 1 aromatic carbocycles. The van der Waals surface area contributed by atoms with Crippen LogP contribution in [-0.2, 0) is 4.79 Å². The molecular formula is C17H18N2OS. The van der Waals surface area contributed by atoms with Crippen LogP contribution in [0.25, 0.3) is 6.08 Å². The molecule has 0 spiro atoms. The summed E-state index contributed by atoms with van der Waals surface area (Å²) in [5, 5.41) is 2.89. The van der Waals surface area contributed by atoms with Crippen molar-refractivity contribution in [2.75, 3.05) is 12.3 Å². The molecule has 1 aromatic heterocycles. The lowest BCUT2D eigenvalue weighted by atomic mass is 10.2. The molecule has 1 N–H and O–H groups in total. The summed E-state index contributed by atoms with van der Waals surface area (Å²) >= 11 is 1.77. The van der Waals surface area contributed by atoms with Crippen molar-refractivity contribution in [1.29, 1.82) is 0 Å². The number of hydrogen-bond donors (Lipinski definition) is 1. The summed E-state index contributed by atoms with van der Waals surface area (Å²) in [6.07, 6.45) is 7.92. The van der Waals surface area contributed by atoms with E-state index in [1.165, 1.54) is 4.90 Å². The molecule has 2 rings (SSSR count). The van der Waals surface area contributed by atoms with Crippen LogP contribution in [0.1, 0.15) is 12.0 Å². The second-order valence-corrected chi connectivity index (χ2v) is 5.59. The Morgan fingerprint density at radius 2 is 1.90 bits per heavy atom. The fraction of sp³-hybridized carbons (Fsp3) is 0.176. The first-order valence-electron chi connectivity index (χ1n) is 6.88. The van der Waals surface area contributed by atoms with Gasteiger partial charge in [0.15, 0.2) is 0 Å². The van der Waals surface area contributed by atoms with Crippen molar-refractivity contribution in [2.24, 2.45) is 0 Å². The molecular weight excluding hydrogens is 280 g/mol. The van der Waals surface area contributed by atoms with E-state index in [1.807, 2.05) is 48.5 Å². The number of aromatic nitrogens is 1. The standard InChI is InChI=1S/C17H18N2OS/c20-17(8-7-15-5-2-1-3-6-15)19-11-4-14-21-16-9-12-18-13-10-16/h1-3,5-10,12-13H,4,11,14H2,(H,19,20). The van der Waals surface area contributed by atoms with E-state index in [0.717, 1.165) is 17.7 Å². The van der Waals surface area contributed by atoms with Crippen molar-refractivity contribution >= 4 is 23.7 Å². The van der Waals surface area contributed by atoms with Gasteiger partial charge in [0, 0.05) is 29.9 Å². The van der Waals surface area contributed by atoms with Crippen LogP contribution in [0, 0.1) is 0 Å². The molecule has 108 valence electrons. The maximum Gasteiger partial charge on any atom is 0.243 e. The molecule has 1 heterocycles. The van der Waals surface area contributed by atoms with Gasteiger partial charge in [0.05, 0.1) is 0 Å². The number of amides is 1. The summed E-state index contributed by atoms with van der Waals surface area (Å²) in [4.78, 5) is 16.8. The highest BCUT2D eigenvalue weighted by Gasteiger charge is 1.96. The van der Waals surface area contributed by atoms with Crippen LogP contribution in [0.4, 0.5) is 0 Å².